The SMILES string of the molecule is CCNCc1cc(Br)c(OCC=C(C)C)c(OCC)c1. The largest absolute Gasteiger partial charge is 0.490 e. The van der Waals surface area contributed by atoms with Gasteiger partial charge in [-0.3, -0.25) is 0 Å². The average molecular weight is 342 g/mol. The normalized spacial score (nSPS) is 10.2. The van der Waals surface area contributed by atoms with E-state index in [9.17, 15) is 0 Å². The first kappa shape index (κ1) is 17.1. The van der Waals surface area contributed by atoms with Crippen molar-refractivity contribution in [2.24, 2.45) is 0 Å². The zero-order chi connectivity index (χ0) is 15.0. The molecule has 0 heterocycles. The van der Waals surface area contributed by atoms with Crippen LogP contribution in [0.1, 0.15) is 33.3 Å². The molecule has 0 atom stereocenters. The highest BCUT2D eigenvalue weighted by molar-refractivity contribution is 9.10. The van der Waals surface area contributed by atoms with Crippen LogP contribution in [0.5, 0.6) is 11.5 Å². The first-order valence-electron chi connectivity index (χ1n) is 7.00. The molecule has 0 fully saturated rings. The fourth-order valence-electron chi connectivity index (χ4n) is 1.69. The van der Waals surface area contributed by atoms with Gasteiger partial charge in [0.1, 0.15) is 6.61 Å². The van der Waals surface area contributed by atoms with E-state index in [0.29, 0.717) is 13.2 Å². The van der Waals surface area contributed by atoms with Crippen LogP contribution in [0.25, 0.3) is 0 Å². The zero-order valence-electron chi connectivity index (χ0n) is 12.8. The van der Waals surface area contributed by atoms with Crippen molar-refractivity contribution in [2.45, 2.75) is 34.2 Å². The van der Waals surface area contributed by atoms with Gasteiger partial charge in [-0.15, -0.1) is 0 Å². The van der Waals surface area contributed by atoms with E-state index in [4.69, 9.17) is 9.47 Å². The number of hydrogen-bond acceptors (Lipinski definition) is 3. The van der Waals surface area contributed by atoms with Gasteiger partial charge in [0, 0.05) is 6.54 Å². The Labute approximate surface area is 130 Å². The molecule has 1 aromatic carbocycles. The monoisotopic (exact) mass is 341 g/mol. The van der Waals surface area contributed by atoms with Gasteiger partial charge < -0.3 is 14.8 Å². The lowest BCUT2D eigenvalue weighted by molar-refractivity contribution is 0.294. The maximum absolute atomic E-state index is 5.82. The lowest BCUT2D eigenvalue weighted by Gasteiger charge is -2.15. The van der Waals surface area contributed by atoms with Gasteiger partial charge in [-0.25, -0.2) is 0 Å². The van der Waals surface area contributed by atoms with Crippen LogP contribution in [-0.4, -0.2) is 19.8 Å². The minimum Gasteiger partial charge on any atom is -0.490 e. The van der Waals surface area contributed by atoms with Crippen LogP contribution in [0.3, 0.4) is 0 Å². The summed E-state index contributed by atoms with van der Waals surface area (Å²) in [5, 5.41) is 3.31. The summed E-state index contributed by atoms with van der Waals surface area (Å²) in [6.45, 7) is 11.1. The fourth-order valence-corrected chi connectivity index (χ4v) is 2.29. The summed E-state index contributed by atoms with van der Waals surface area (Å²) in [6.07, 6.45) is 2.05. The molecule has 112 valence electrons. The molecule has 1 rings (SSSR count). The third-order valence-electron chi connectivity index (χ3n) is 2.67. The van der Waals surface area contributed by atoms with E-state index in [2.05, 4.69) is 54.2 Å². The highest BCUT2D eigenvalue weighted by Crippen LogP contribution is 2.37. The lowest BCUT2D eigenvalue weighted by atomic mass is 10.2. The number of benzene rings is 1. The summed E-state index contributed by atoms with van der Waals surface area (Å²) in [5.74, 6) is 1.56. The molecule has 0 amide bonds. The zero-order valence-corrected chi connectivity index (χ0v) is 14.3. The smallest absolute Gasteiger partial charge is 0.175 e. The molecule has 20 heavy (non-hydrogen) atoms. The van der Waals surface area contributed by atoms with Gasteiger partial charge in [-0.2, -0.15) is 0 Å². The van der Waals surface area contributed by atoms with E-state index in [1.807, 2.05) is 13.0 Å². The molecule has 0 saturated carbocycles. The average Bonchev–Trinajstić information content (AvgIpc) is 2.39. The van der Waals surface area contributed by atoms with Crippen molar-refractivity contribution in [1.29, 1.82) is 0 Å². The van der Waals surface area contributed by atoms with Crippen LogP contribution in [0, 0.1) is 0 Å². The standard InChI is InChI=1S/C16H24BrNO2/c1-5-18-11-13-9-14(17)16(15(10-13)19-6-2)20-8-7-12(3)4/h7,9-10,18H,5-6,8,11H2,1-4H3. The van der Waals surface area contributed by atoms with E-state index in [-0.39, 0.29) is 0 Å². The quantitative estimate of drug-likeness (QED) is 0.715. The van der Waals surface area contributed by atoms with Gasteiger partial charge in [0.2, 0.25) is 0 Å². The Balaban J connectivity index is 2.93. The minimum absolute atomic E-state index is 0.549. The van der Waals surface area contributed by atoms with Gasteiger partial charge in [0.05, 0.1) is 11.1 Å². The Bertz CT molecular complexity index is 454. The summed E-state index contributed by atoms with van der Waals surface area (Å²) in [7, 11) is 0. The molecule has 0 bridgehead atoms. The van der Waals surface area contributed by atoms with Gasteiger partial charge in [0.25, 0.3) is 0 Å². The summed E-state index contributed by atoms with van der Waals surface area (Å²) >= 11 is 3.57. The molecular formula is C16H24BrNO2. The molecule has 0 spiro atoms. The second-order valence-corrected chi connectivity index (χ2v) is 5.57. The van der Waals surface area contributed by atoms with Crippen LogP contribution >= 0.6 is 15.9 Å². The topological polar surface area (TPSA) is 30.5 Å². The molecule has 0 aliphatic carbocycles. The number of hydrogen-bond donors (Lipinski definition) is 1. The van der Waals surface area contributed by atoms with E-state index in [1.165, 1.54) is 11.1 Å². The molecule has 0 aliphatic rings. The van der Waals surface area contributed by atoms with E-state index < -0.39 is 0 Å². The van der Waals surface area contributed by atoms with Crippen molar-refractivity contribution in [3.8, 4) is 11.5 Å². The molecule has 0 aliphatic heterocycles. The Morgan fingerprint density at radius 3 is 2.60 bits per heavy atom. The van der Waals surface area contributed by atoms with Crippen LogP contribution in [0.15, 0.2) is 28.3 Å². The summed E-state index contributed by atoms with van der Waals surface area (Å²) in [6, 6.07) is 4.11. The van der Waals surface area contributed by atoms with E-state index in [1.54, 1.807) is 0 Å². The molecule has 4 heteroatoms. The third kappa shape index (κ3) is 5.55. The highest BCUT2D eigenvalue weighted by atomic mass is 79.9. The molecule has 0 saturated heterocycles. The number of halogens is 1. The van der Waals surface area contributed by atoms with Gasteiger partial charge in [-0.05, 0) is 67.0 Å². The molecule has 0 radical (unpaired) electrons. The third-order valence-corrected chi connectivity index (χ3v) is 3.26. The van der Waals surface area contributed by atoms with Crippen LogP contribution in [0.2, 0.25) is 0 Å². The highest BCUT2D eigenvalue weighted by Gasteiger charge is 2.11. The minimum atomic E-state index is 0.549. The molecule has 1 N–H and O–H groups in total. The Morgan fingerprint density at radius 2 is 2.00 bits per heavy atom. The Hall–Kier alpha value is -1.00. The van der Waals surface area contributed by atoms with Crippen LogP contribution in [0.4, 0.5) is 0 Å². The predicted molar refractivity (Wildman–Crippen MR) is 87.6 cm³/mol. The first-order chi connectivity index (χ1) is 9.58. The van der Waals surface area contributed by atoms with Crippen LogP contribution in [-0.2, 0) is 6.54 Å². The number of nitrogens with one attached hydrogen (secondary N) is 1. The van der Waals surface area contributed by atoms with Crippen molar-refractivity contribution < 1.29 is 9.47 Å². The van der Waals surface area contributed by atoms with Gasteiger partial charge in [-0.1, -0.05) is 12.5 Å². The second-order valence-electron chi connectivity index (χ2n) is 4.71. The summed E-state index contributed by atoms with van der Waals surface area (Å²) in [5.41, 5.74) is 2.42. The Kier molecular flexibility index (Phi) is 7.70. The summed E-state index contributed by atoms with van der Waals surface area (Å²) in [4.78, 5) is 0. The summed E-state index contributed by atoms with van der Waals surface area (Å²) < 4.78 is 12.4. The maximum Gasteiger partial charge on any atom is 0.175 e. The van der Waals surface area contributed by atoms with Crippen molar-refractivity contribution in [1.82, 2.24) is 5.32 Å². The van der Waals surface area contributed by atoms with Crippen molar-refractivity contribution >= 4 is 15.9 Å². The van der Waals surface area contributed by atoms with Crippen molar-refractivity contribution in [3.05, 3.63) is 33.8 Å². The Morgan fingerprint density at radius 1 is 1.25 bits per heavy atom. The predicted octanol–water partition coefficient (Wildman–Crippen LogP) is 4.30. The first-order valence-corrected chi connectivity index (χ1v) is 7.79. The molecule has 0 unspecified atom stereocenters. The van der Waals surface area contributed by atoms with E-state index in [0.717, 1.165) is 29.1 Å². The molecule has 0 aromatic heterocycles. The van der Waals surface area contributed by atoms with E-state index >= 15 is 0 Å². The van der Waals surface area contributed by atoms with Crippen molar-refractivity contribution in [3.63, 3.8) is 0 Å². The molecular weight excluding hydrogens is 318 g/mol. The molecule has 3 nitrogen and oxygen atoms in total. The maximum atomic E-state index is 5.82. The van der Waals surface area contributed by atoms with Gasteiger partial charge >= 0.3 is 0 Å². The number of ether oxygens (including phenoxy) is 2. The van der Waals surface area contributed by atoms with Crippen LogP contribution < -0.4 is 14.8 Å². The van der Waals surface area contributed by atoms with Crippen molar-refractivity contribution in [2.75, 3.05) is 19.8 Å². The lowest BCUT2D eigenvalue weighted by Crippen LogP contribution is -2.12. The van der Waals surface area contributed by atoms with Gasteiger partial charge in [0.15, 0.2) is 11.5 Å². The fraction of sp³-hybridized carbons (Fsp3) is 0.500. The second kappa shape index (κ2) is 9.03. The number of allylic oxidation sites excluding steroid dienone is 1. The molecule has 1 aromatic rings. The number of rotatable bonds is 8.